The molecule has 1 unspecified atom stereocenters. The molecule has 0 fully saturated rings. The van der Waals surface area contributed by atoms with Crippen molar-refractivity contribution in [1.29, 1.82) is 0 Å². The third-order valence-corrected chi connectivity index (χ3v) is 3.28. The number of aliphatic hydroxyl groups is 1. The molecule has 0 bridgehead atoms. The summed E-state index contributed by atoms with van der Waals surface area (Å²) in [5, 5.41) is 25.2. The number of aromatic nitrogens is 2. The molecule has 0 saturated heterocycles. The van der Waals surface area contributed by atoms with Crippen molar-refractivity contribution in [2.45, 2.75) is 13.0 Å². The van der Waals surface area contributed by atoms with Gasteiger partial charge in [-0.25, -0.2) is 0 Å². The summed E-state index contributed by atoms with van der Waals surface area (Å²) in [6, 6.07) is 7.67. The van der Waals surface area contributed by atoms with E-state index in [0.717, 1.165) is 15.2 Å². The molecule has 0 saturated carbocycles. The third kappa shape index (κ3) is 3.71. The van der Waals surface area contributed by atoms with Gasteiger partial charge in [0.1, 0.15) is 0 Å². The molecule has 1 amide bonds. The minimum Gasteiger partial charge on any atom is -0.505 e. The standard InChI is InChI=1S/C14H14BrN3O4/c1-8(19)7-16-14(22)13-11(20)6-12(21)18(17-13)10-4-2-9(15)3-5-10/h2-6,8,19-20H,7H2,1H3,(H,16,22). The zero-order chi connectivity index (χ0) is 16.3. The predicted octanol–water partition coefficient (Wildman–Crippen LogP) is 0.811. The Bertz CT molecular complexity index is 741. The number of hydrogen-bond acceptors (Lipinski definition) is 5. The number of benzene rings is 1. The molecule has 22 heavy (non-hydrogen) atoms. The number of aromatic hydroxyl groups is 1. The van der Waals surface area contributed by atoms with Gasteiger partial charge in [-0.1, -0.05) is 15.9 Å². The van der Waals surface area contributed by atoms with Crippen molar-refractivity contribution in [2.75, 3.05) is 6.54 Å². The summed E-state index contributed by atoms with van der Waals surface area (Å²) >= 11 is 3.28. The fraction of sp³-hybridized carbons (Fsp3) is 0.214. The van der Waals surface area contributed by atoms with Crippen molar-refractivity contribution in [1.82, 2.24) is 15.1 Å². The van der Waals surface area contributed by atoms with Gasteiger partial charge in [0.05, 0.1) is 11.8 Å². The van der Waals surface area contributed by atoms with E-state index in [1.807, 2.05) is 0 Å². The monoisotopic (exact) mass is 367 g/mol. The van der Waals surface area contributed by atoms with E-state index < -0.39 is 23.3 Å². The van der Waals surface area contributed by atoms with Gasteiger partial charge in [0.15, 0.2) is 11.4 Å². The summed E-state index contributed by atoms with van der Waals surface area (Å²) in [6.45, 7) is 1.52. The molecule has 0 aliphatic rings. The molecular weight excluding hydrogens is 354 g/mol. The van der Waals surface area contributed by atoms with Crippen molar-refractivity contribution in [3.05, 3.63) is 50.9 Å². The SMILES string of the molecule is CC(O)CNC(=O)c1nn(-c2ccc(Br)cc2)c(=O)cc1O. The molecular formula is C14H14BrN3O4. The van der Waals surface area contributed by atoms with Crippen LogP contribution < -0.4 is 10.9 Å². The number of carbonyl (C=O) groups is 1. The number of nitrogens with zero attached hydrogens (tertiary/aromatic N) is 2. The van der Waals surface area contributed by atoms with Crippen molar-refractivity contribution in [3.8, 4) is 11.4 Å². The highest BCUT2D eigenvalue weighted by Gasteiger charge is 2.17. The van der Waals surface area contributed by atoms with Crippen LogP contribution in [0.5, 0.6) is 5.75 Å². The van der Waals surface area contributed by atoms with Gasteiger partial charge < -0.3 is 15.5 Å². The third-order valence-electron chi connectivity index (χ3n) is 2.76. The smallest absolute Gasteiger partial charge is 0.275 e. The number of halogens is 1. The number of rotatable bonds is 4. The van der Waals surface area contributed by atoms with Gasteiger partial charge in [-0.15, -0.1) is 0 Å². The van der Waals surface area contributed by atoms with Gasteiger partial charge in [-0.2, -0.15) is 9.78 Å². The van der Waals surface area contributed by atoms with Gasteiger partial charge in [0, 0.05) is 17.1 Å². The Labute approximate surface area is 134 Å². The predicted molar refractivity (Wildman–Crippen MR) is 83.2 cm³/mol. The fourth-order valence-corrected chi connectivity index (χ4v) is 1.96. The Morgan fingerprint density at radius 3 is 2.64 bits per heavy atom. The lowest BCUT2D eigenvalue weighted by Gasteiger charge is -2.10. The Kier molecular flexibility index (Phi) is 4.94. The number of aliphatic hydroxyl groups excluding tert-OH is 1. The van der Waals surface area contributed by atoms with Crippen LogP contribution in [0.1, 0.15) is 17.4 Å². The van der Waals surface area contributed by atoms with E-state index in [4.69, 9.17) is 5.11 Å². The van der Waals surface area contributed by atoms with E-state index in [1.165, 1.54) is 6.92 Å². The van der Waals surface area contributed by atoms with Crippen LogP contribution in [0.15, 0.2) is 39.6 Å². The quantitative estimate of drug-likeness (QED) is 0.741. The second-order valence-corrected chi connectivity index (χ2v) is 5.58. The maximum absolute atomic E-state index is 12.0. The van der Waals surface area contributed by atoms with E-state index in [-0.39, 0.29) is 12.2 Å². The molecule has 2 rings (SSSR count). The maximum Gasteiger partial charge on any atom is 0.275 e. The summed E-state index contributed by atoms with van der Waals surface area (Å²) < 4.78 is 1.85. The second-order valence-electron chi connectivity index (χ2n) is 4.66. The van der Waals surface area contributed by atoms with Crippen LogP contribution in [0, 0.1) is 0 Å². The van der Waals surface area contributed by atoms with E-state index >= 15 is 0 Å². The summed E-state index contributed by atoms with van der Waals surface area (Å²) in [5.74, 6) is -1.19. The number of hydrogen-bond donors (Lipinski definition) is 3. The van der Waals surface area contributed by atoms with Crippen LogP contribution in [0.3, 0.4) is 0 Å². The largest absolute Gasteiger partial charge is 0.505 e. The van der Waals surface area contributed by atoms with Gasteiger partial charge in [0.25, 0.3) is 11.5 Å². The molecule has 0 radical (unpaired) electrons. The van der Waals surface area contributed by atoms with E-state index in [0.29, 0.717) is 5.69 Å². The van der Waals surface area contributed by atoms with Crippen LogP contribution in [0.4, 0.5) is 0 Å². The molecule has 1 aromatic carbocycles. The average Bonchev–Trinajstić information content (AvgIpc) is 2.46. The van der Waals surface area contributed by atoms with Crippen molar-refractivity contribution in [2.24, 2.45) is 0 Å². The summed E-state index contributed by atoms with van der Waals surface area (Å²) in [6.07, 6.45) is -0.733. The van der Waals surface area contributed by atoms with Crippen LogP contribution >= 0.6 is 15.9 Å². The zero-order valence-electron chi connectivity index (χ0n) is 11.7. The summed E-state index contributed by atoms with van der Waals surface area (Å²) in [5.41, 5.74) is -0.396. The topological polar surface area (TPSA) is 104 Å². The Morgan fingerprint density at radius 1 is 1.41 bits per heavy atom. The molecule has 1 aromatic heterocycles. The first kappa shape index (κ1) is 16.2. The Balaban J connectivity index is 2.40. The van der Waals surface area contributed by atoms with Gasteiger partial charge in [0.2, 0.25) is 0 Å². The minimum atomic E-state index is -0.733. The first-order chi connectivity index (χ1) is 10.4. The second kappa shape index (κ2) is 6.71. The lowest BCUT2D eigenvalue weighted by Crippen LogP contribution is -2.33. The molecule has 8 heteroatoms. The molecule has 116 valence electrons. The molecule has 0 aliphatic heterocycles. The van der Waals surface area contributed by atoms with Gasteiger partial charge >= 0.3 is 0 Å². The summed E-state index contributed by atoms with van der Waals surface area (Å²) in [4.78, 5) is 23.9. The highest BCUT2D eigenvalue weighted by atomic mass is 79.9. The van der Waals surface area contributed by atoms with Crippen LogP contribution in [-0.2, 0) is 0 Å². The molecule has 1 atom stereocenters. The van der Waals surface area contributed by atoms with Crippen LogP contribution in [0.2, 0.25) is 0 Å². The average molecular weight is 368 g/mol. The Hall–Kier alpha value is -2.19. The van der Waals surface area contributed by atoms with Gasteiger partial charge in [-0.3, -0.25) is 9.59 Å². The first-order valence-corrected chi connectivity index (χ1v) is 7.23. The molecule has 7 nitrogen and oxygen atoms in total. The van der Waals surface area contributed by atoms with E-state index in [9.17, 15) is 14.7 Å². The first-order valence-electron chi connectivity index (χ1n) is 6.44. The molecule has 1 heterocycles. The lowest BCUT2D eigenvalue weighted by molar-refractivity contribution is 0.0914. The zero-order valence-corrected chi connectivity index (χ0v) is 13.2. The van der Waals surface area contributed by atoms with Crippen molar-refractivity contribution < 1.29 is 15.0 Å². The maximum atomic E-state index is 12.0. The van der Waals surface area contributed by atoms with E-state index in [1.54, 1.807) is 24.3 Å². The highest BCUT2D eigenvalue weighted by molar-refractivity contribution is 9.10. The fourth-order valence-electron chi connectivity index (χ4n) is 1.70. The van der Waals surface area contributed by atoms with Crippen LogP contribution in [0.25, 0.3) is 5.69 Å². The molecule has 0 aliphatic carbocycles. The number of amides is 1. The molecule has 2 aromatic rings. The molecule has 0 spiro atoms. The lowest BCUT2D eigenvalue weighted by atomic mass is 10.3. The van der Waals surface area contributed by atoms with E-state index in [2.05, 4.69) is 26.3 Å². The van der Waals surface area contributed by atoms with Gasteiger partial charge in [-0.05, 0) is 31.2 Å². The number of nitrogens with one attached hydrogen (secondary N) is 1. The highest BCUT2D eigenvalue weighted by Crippen LogP contribution is 2.15. The Morgan fingerprint density at radius 2 is 2.05 bits per heavy atom. The molecule has 3 N–H and O–H groups in total. The van der Waals surface area contributed by atoms with Crippen molar-refractivity contribution in [3.63, 3.8) is 0 Å². The number of carbonyl (C=O) groups excluding carboxylic acids is 1. The minimum absolute atomic E-state index is 0.0113. The van der Waals surface area contributed by atoms with Crippen molar-refractivity contribution >= 4 is 21.8 Å². The van der Waals surface area contributed by atoms with Crippen LogP contribution in [-0.4, -0.2) is 38.5 Å². The summed E-state index contributed by atoms with van der Waals surface area (Å²) in [7, 11) is 0. The normalized spacial score (nSPS) is 12.0.